The fourth-order valence-electron chi connectivity index (χ4n) is 2.16. The van der Waals surface area contributed by atoms with Crippen molar-refractivity contribution in [2.24, 2.45) is 5.10 Å². The molecule has 0 saturated heterocycles. The molecule has 0 atom stereocenters. The van der Waals surface area contributed by atoms with E-state index in [4.69, 9.17) is 14.2 Å². The first kappa shape index (κ1) is 18.3. The number of carbonyl (C=O) groups is 1. The van der Waals surface area contributed by atoms with E-state index in [1.54, 1.807) is 50.6 Å². The van der Waals surface area contributed by atoms with Crippen molar-refractivity contribution >= 4 is 12.1 Å². The van der Waals surface area contributed by atoms with Crippen molar-refractivity contribution in [3.8, 4) is 17.2 Å². The molecule has 0 radical (unpaired) electrons. The van der Waals surface area contributed by atoms with Crippen molar-refractivity contribution in [3.63, 3.8) is 0 Å². The molecule has 2 aromatic rings. The molecular formula is C19H22N2O4. The number of hydrogen-bond acceptors (Lipinski definition) is 5. The molecule has 6 nitrogen and oxygen atoms in total. The van der Waals surface area contributed by atoms with Crippen LogP contribution in [0.1, 0.15) is 29.8 Å². The van der Waals surface area contributed by atoms with Crippen LogP contribution in [0.15, 0.2) is 47.6 Å². The number of carbonyl (C=O) groups excluding carboxylic acids is 1. The van der Waals surface area contributed by atoms with Gasteiger partial charge >= 0.3 is 0 Å². The number of para-hydroxylation sites is 1. The average molecular weight is 342 g/mol. The molecule has 0 unspecified atom stereocenters. The molecule has 0 spiro atoms. The minimum Gasteiger partial charge on any atom is -0.497 e. The first-order valence-electron chi connectivity index (χ1n) is 7.86. The van der Waals surface area contributed by atoms with Gasteiger partial charge in [-0.2, -0.15) is 5.10 Å². The highest BCUT2D eigenvalue weighted by atomic mass is 16.5. The number of benzene rings is 2. The van der Waals surface area contributed by atoms with Crippen molar-refractivity contribution in [2.75, 3.05) is 14.2 Å². The fourth-order valence-corrected chi connectivity index (χ4v) is 2.16. The zero-order valence-electron chi connectivity index (χ0n) is 14.8. The number of methoxy groups -OCH3 is 2. The van der Waals surface area contributed by atoms with Crippen molar-refractivity contribution in [2.45, 2.75) is 20.0 Å². The van der Waals surface area contributed by atoms with Crippen LogP contribution in [0.5, 0.6) is 17.2 Å². The zero-order chi connectivity index (χ0) is 18.2. The maximum absolute atomic E-state index is 12.3. The Hall–Kier alpha value is -3.02. The molecule has 0 aliphatic carbocycles. The lowest BCUT2D eigenvalue weighted by Gasteiger charge is -2.13. The summed E-state index contributed by atoms with van der Waals surface area (Å²) >= 11 is 0. The second-order valence-corrected chi connectivity index (χ2v) is 5.47. The van der Waals surface area contributed by atoms with Crippen LogP contribution in [-0.2, 0) is 0 Å². The molecule has 25 heavy (non-hydrogen) atoms. The van der Waals surface area contributed by atoms with E-state index < -0.39 is 0 Å². The van der Waals surface area contributed by atoms with E-state index in [-0.39, 0.29) is 12.0 Å². The average Bonchev–Trinajstić information content (AvgIpc) is 2.61. The maximum atomic E-state index is 12.3. The Bertz CT molecular complexity index is 757. The molecule has 0 aliphatic heterocycles. The molecule has 0 fully saturated rings. The summed E-state index contributed by atoms with van der Waals surface area (Å²) in [4.78, 5) is 12.3. The van der Waals surface area contributed by atoms with Gasteiger partial charge in [-0.15, -0.1) is 0 Å². The fraction of sp³-hybridized carbons (Fsp3) is 0.263. The van der Waals surface area contributed by atoms with Crippen LogP contribution < -0.4 is 19.6 Å². The summed E-state index contributed by atoms with van der Waals surface area (Å²) in [7, 11) is 3.14. The Labute approximate surface area is 147 Å². The third kappa shape index (κ3) is 4.97. The van der Waals surface area contributed by atoms with Gasteiger partial charge in [0.1, 0.15) is 17.2 Å². The summed E-state index contributed by atoms with van der Waals surface area (Å²) in [5, 5.41) is 4.00. The summed E-state index contributed by atoms with van der Waals surface area (Å²) in [6.07, 6.45) is 1.49. The van der Waals surface area contributed by atoms with Crippen LogP contribution in [0.4, 0.5) is 0 Å². The normalized spacial score (nSPS) is 10.8. The number of ether oxygens (including phenoxy) is 3. The number of amides is 1. The van der Waals surface area contributed by atoms with Gasteiger partial charge in [-0.3, -0.25) is 4.79 Å². The molecule has 0 aliphatic rings. The van der Waals surface area contributed by atoms with Crippen molar-refractivity contribution in [1.82, 2.24) is 5.43 Å². The van der Waals surface area contributed by atoms with Gasteiger partial charge < -0.3 is 14.2 Å². The number of nitrogens with zero attached hydrogens (tertiary/aromatic N) is 1. The van der Waals surface area contributed by atoms with Crippen LogP contribution in [0, 0.1) is 0 Å². The quantitative estimate of drug-likeness (QED) is 0.619. The standard InChI is InChI=1S/C19H22N2O4/c1-13(2)25-17-8-6-5-7-16(17)19(22)21-20-12-14-9-10-15(23-3)11-18(14)24-4/h5-13H,1-4H3,(H,21,22)/b20-12+. The smallest absolute Gasteiger partial charge is 0.275 e. The number of nitrogens with one attached hydrogen (secondary N) is 1. The van der Waals surface area contributed by atoms with Crippen LogP contribution in [-0.4, -0.2) is 32.4 Å². The maximum Gasteiger partial charge on any atom is 0.275 e. The van der Waals surface area contributed by atoms with Gasteiger partial charge in [0.15, 0.2) is 0 Å². The second-order valence-electron chi connectivity index (χ2n) is 5.47. The van der Waals surface area contributed by atoms with Crippen molar-refractivity contribution in [3.05, 3.63) is 53.6 Å². The molecule has 132 valence electrons. The first-order chi connectivity index (χ1) is 12.0. The topological polar surface area (TPSA) is 69.2 Å². The number of rotatable bonds is 7. The van der Waals surface area contributed by atoms with Gasteiger partial charge in [0, 0.05) is 11.6 Å². The molecule has 1 amide bonds. The highest BCUT2D eigenvalue weighted by Crippen LogP contribution is 2.23. The molecular weight excluding hydrogens is 320 g/mol. The summed E-state index contributed by atoms with van der Waals surface area (Å²) < 4.78 is 16.1. The highest BCUT2D eigenvalue weighted by Gasteiger charge is 2.12. The number of hydrazone groups is 1. The van der Waals surface area contributed by atoms with Gasteiger partial charge in [0.05, 0.1) is 32.1 Å². The molecule has 0 heterocycles. The van der Waals surface area contributed by atoms with E-state index >= 15 is 0 Å². The van der Waals surface area contributed by atoms with Gasteiger partial charge in [0.2, 0.25) is 0 Å². The summed E-state index contributed by atoms with van der Waals surface area (Å²) in [6.45, 7) is 3.81. The van der Waals surface area contributed by atoms with Crippen molar-refractivity contribution in [1.29, 1.82) is 0 Å². The zero-order valence-corrected chi connectivity index (χ0v) is 14.8. The van der Waals surface area contributed by atoms with Crippen LogP contribution in [0.25, 0.3) is 0 Å². The SMILES string of the molecule is COc1ccc(/C=N/NC(=O)c2ccccc2OC(C)C)c(OC)c1. The monoisotopic (exact) mass is 342 g/mol. The van der Waals surface area contributed by atoms with Gasteiger partial charge in [-0.25, -0.2) is 5.43 Å². The molecule has 1 N–H and O–H groups in total. The molecule has 0 saturated carbocycles. The number of hydrogen-bond donors (Lipinski definition) is 1. The molecule has 6 heteroatoms. The summed E-state index contributed by atoms with van der Waals surface area (Å²) in [6, 6.07) is 12.4. The second kappa shape index (κ2) is 8.73. The van der Waals surface area contributed by atoms with E-state index in [0.717, 1.165) is 5.56 Å². The van der Waals surface area contributed by atoms with E-state index in [2.05, 4.69) is 10.5 Å². The molecule has 2 rings (SSSR count). The Morgan fingerprint density at radius 3 is 2.52 bits per heavy atom. The molecule has 0 bridgehead atoms. The minimum atomic E-state index is -0.347. The van der Waals surface area contributed by atoms with Gasteiger partial charge in [-0.05, 0) is 38.1 Å². The van der Waals surface area contributed by atoms with Crippen LogP contribution in [0.3, 0.4) is 0 Å². The Morgan fingerprint density at radius 1 is 1.08 bits per heavy atom. The third-order valence-electron chi connectivity index (χ3n) is 3.30. The van der Waals surface area contributed by atoms with E-state index in [1.807, 2.05) is 19.9 Å². The van der Waals surface area contributed by atoms with Crippen molar-refractivity contribution < 1.29 is 19.0 Å². The van der Waals surface area contributed by atoms with Crippen LogP contribution >= 0.6 is 0 Å². The predicted octanol–water partition coefficient (Wildman–Crippen LogP) is 3.25. The van der Waals surface area contributed by atoms with E-state index in [1.165, 1.54) is 6.21 Å². The highest BCUT2D eigenvalue weighted by molar-refractivity contribution is 5.97. The van der Waals surface area contributed by atoms with E-state index in [0.29, 0.717) is 22.8 Å². The first-order valence-corrected chi connectivity index (χ1v) is 7.86. The van der Waals surface area contributed by atoms with E-state index in [9.17, 15) is 4.79 Å². The Balaban J connectivity index is 2.11. The van der Waals surface area contributed by atoms with Gasteiger partial charge in [0.25, 0.3) is 5.91 Å². The molecule has 2 aromatic carbocycles. The lowest BCUT2D eigenvalue weighted by Crippen LogP contribution is -2.19. The largest absolute Gasteiger partial charge is 0.497 e. The Morgan fingerprint density at radius 2 is 1.84 bits per heavy atom. The Kier molecular flexibility index (Phi) is 6.39. The van der Waals surface area contributed by atoms with Gasteiger partial charge in [-0.1, -0.05) is 12.1 Å². The minimum absolute atomic E-state index is 0.0268. The summed E-state index contributed by atoms with van der Waals surface area (Å²) in [5.74, 6) is 1.45. The summed E-state index contributed by atoms with van der Waals surface area (Å²) in [5.41, 5.74) is 3.65. The van der Waals surface area contributed by atoms with Crippen LogP contribution in [0.2, 0.25) is 0 Å². The predicted molar refractivity (Wildman–Crippen MR) is 96.8 cm³/mol. The molecule has 0 aromatic heterocycles. The lowest BCUT2D eigenvalue weighted by atomic mass is 10.2. The third-order valence-corrected chi connectivity index (χ3v) is 3.30. The lowest BCUT2D eigenvalue weighted by molar-refractivity contribution is 0.0949.